The molecule has 13 heavy (non-hydrogen) atoms. The Morgan fingerprint density at radius 2 is 2.23 bits per heavy atom. The van der Waals surface area contributed by atoms with Crippen molar-refractivity contribution in [2.24, 2.45) is 5.73 Å². The van der Waals surface area contributed by atoms with Crippen LogP contribution in [0.25, 0.3) is 10.4 Å². The standard InChI is InChI=1S/C9H8ClNS2/c10-8-1-2-12-9(8)6-3-7(4-11)13-5-6/h1-3,5H,4,11H2. The Morgan fingerprint density at radius 1 is 1.38 bits per heavy atom. The van der Waals surface area contributed by atoms with Crippen LogP contribution in [0.1, 0.15) is 4.88 Å². The minimum absolute atomic E-state index is 0.605. The number of nitrogens with two attached hydrogens (primary N) is 1. The second-order valence-corrected chi connectivity index (χ2v) is 4.92. The summed E-state index contributed by atoms with van der Waals surface area (Å²) in [5, 5.41) is 4.92. The molecule has 0 aromatic carbocycles. The Balaban J connectivity index is 2.41. The van der Waals surface area contributed by atoms with Crippen molar-refractivity contribution in [1.82, 2.24) is 0 Å². The van der Waals surface area contributed by atoms with E-state index in [4.69, 9.17) is 17.3 Å². The average molecular weight is 230 g/mol. The average Bonchev–Trinajstić information content (AvgIpc) is 2.71. The zero-order valence-electron chi connectivity index (χ0n) is 6.79. The maximum Gasteiger partial charge on any atom is 0.0592 e. The van der Waals surface area contributed by atoms with Crippen molar-refractivity contribution in [2.75, 3.05) is 0 Å². The Kier molecular flexibility index (Phi) is 2.69. The summed E-state index contributed by atoms with van der Waals surface area (Å²) >= 11 is 9.35. The van der Waals surface area contributed by atoms with Gasteiger partial charge >= 0.3 is 0 Å². The molecule has 0 fully saturated rings. The van der Waals surface area contributed by atoms with Crippen LogP contribution in [-0.4, -0.2) is 0 Å². The maximum absolute atomic E-state index is 6.01. The van der Waals surface area contributed by atoms with Crippen LogP contribution < -0.4 is 5.73 Å². The van der Waals surface area contributed by atoms with E-state index < -0.39 is 0 Å². The van der Waals surface area contributed by atoms with Crippen molar-refractivity contribution >= 4 is 34.3 Å². The molecule has 0 saturated carbocycles. The highest BCUT2D eigenvalue weighted by Gasteiger charge is 2.06. The van der Waals surface area contributed by atoms with Crippen molar-refractivity contribution in [3.63, 3.8) is 0 Å². The number of rotatable bonds is 2. The van der Waals surface area contributed by atoms with Gasteiger partial charge in [-0.15, -0.1) is 22.7 Å². The molecule has 0 bridgehead atoms. The van der Waals surface area contributed by atoms with E-state index in [-0.39, 0.29) is 0 Å². The first-order valence-corrected chi connectivity index (χ1v) is 5.96. The monoisotopic (exact) mass is 229 g/mol. The summed E-state index contributed by atoms with van der Waals surface area (Å²) < 4.78 is 0. The molecule has 2 aromatic heterocycles. The molecule has 0 unspecified atom stereocenters. The summed E-state index contributed by atoms with van der Waals surface area (Å²) in [5.74, 6) is 0. The van der Waals surface area contributed by atoms with Crippen molar-refractivity contribution in [3.05, 3.63) is 32.8 Å². The molecule has 0 aliphatic heterocycles. The first-order chi connectivity index (χ1) is 6.31. The van der Waals surface area contributed by atoms with Crippen LogP contribution in [0.3, 0.4) is 0 Å². The zero-order valence-corrected chi connectivity index (χ0v) is 9.18. The summed E-state index contributed by atoms with van der Waals surface area (Å²) in [5.41, 5.74) is 6.72. The number of hydrogen-bond acceptors (Lipinski definition) is 3. The molecular formula is C9H8ClNS2. The lowest BCUT2D eigenvalue weighted by Gasteiger charge is -1.91. The fourth-order valence-corrected chi connectivity index (χ4v) is 3.09. The van der Waals surface area contributed by atoms with Gasteiger partial charge in [0.2, 0.25) is 0 Å². The van der Waals surface area contributed by atoms with Gasteiger partial charge in [-0.3, -0.25) is 0 Å². The van der Waals surface area contributed by atoms with Crippen LogP contribution in [-0.2, 0) is 6.54 Å². The van der Waals surface area contributed by atoms with Crippen molar-refractivity contribution in [1.29, 1.82) is 0 Å². The van der Waals surface area contributed by atoms with E-state index in [1.807, 2.05) is 11.4 Å². The molecule has 0 aliphatic rings. The third-order valence-corrected chi connectivity index (χ3v) is 4.08. The van der Waals surface area contributed by atoms with Crippen LogP contribution in [0.15, 0.2) is 22.9 Å². The third kappa shape index (κ3) is 1.79. The maximum atomic E-state index is 6.01. The summed E-state index contributed by atoms with van der Waals surface area (Å²) in [6.07, 6.45) is 0. The van der Waals surface area contributed by atoms with Gasteiger partial charge in [-0.25, -0.2) is 0 Å². The summed E-state index contributed by atoms with van der Waals surface area (Å²) in [6.45, 7) is 0.605. The van der Waals surface area contributed by atoms with E-state index in [2.05, 4.69) is 11.4 Å². The SMILES string of the molecule is NCc1cc(-c2sccc2Cl)cs1. The van der Waals surface area contributed by atoms with Crippen LogP contribution >= 0.6 is 34.3 Å². The van der Waals surface area contributed by atoms with Gasteiger partial charge in [-0.1, -0.05) is 11.6 Å². The predicted octanol–water partition coefficient (Wildman–Crippen LogP) is 3.59. The molecular weight excluding hydrogens is 222 g/mol. The summed E-state index contributed by atoms with van der Waals surface area (Å²) in [6, 6.07) is 4.02. The van der Waals surface area contributed by atoms with Crippen LogP contribution in [0, 0.1) is 0 Å². The van der Waals surface area contributed by atoms with Crippen LogP contribution in [0.5, 0.6) is 0 Å². The number of hydrogen-bond donors (Lipinski definition) is 1. The minimum Gasteiger partial charge on any atom is -0.326 e. The Bertz CT molecular complexity index is 405. The highest BCUT2D eigenvalue weighted by molar-refractivity contribution is 7.15. The molecule has 0 spiro atoms. The molecule has 68 valence electrons. The van der Waals surface area contributed by atoms with E-state index in [1.165, 1.54) is 10.4 Å². The smallest absolute Gasteiger partial charge is 0.0592 e. The molecule has 0 amide bonds. The second-order valence-electron chi connectivity index (χ2n) is 2.60. The largest absolute Gasteiger partial charge is 0.326 e. The minimum atomic E-state index is 0.605. The Labute approximate surface area is 89.8 Å². The number of thiophene rings is 2. The Hall–Kier alpha value is -0.350. The number of halogens is 1. The molecule has 0 saturated heterocycles. The van der Waals surface area contributed by atoms with Crippen LogP contribution in [0.4, 0.5) is 0 Å². The molecule has 0 radical (unpaired) electrons. The molecule has 2 N–H and O–H groups in total. The van der Waals surface area contributed by atoms with Crippen molar-refractivity contribution < 1.29 is 0 Å². The molecule has 2 heterocycles. The fraction of sp³-hybridized carbons (Fsp3) is 0.111. The van der Waals surface area contributed by atoms with Crippen molar-refractivity contribution in [3.8, 4) is 10.4 Å². The lowest BCUT2D eigenvalue weighted by Crippen LogP contribution is -1.91. The summed E-state index contributed by atoms with van der Waals surface area (Å²) in [4.78, 5) is 2.33. The zero-order chi connectivity index (χ0) is 9.26. The van der Waals surface area contributed by atoms with E-state index in [9.17, 15) is 0 Å². The van der Waals surface area contributed by atoms with Gasteiger partial charge in [0.25, 0.3) is 0 Å². The molecule has 4 heteroatoms. The van der Waals surface area contributed by atoms with Gasteiger partial charge in [0, 0.05) is 17.0 Å². The van der Waals surface area contributed by atoms with Gasteiger partial charge in [0.05, 0.1) is 9.90 Å². The van der Waals surface area contributed by atoms with E-state index >= 15 is 0 Å². The predicted molar refractivity (Wildman–Crippen MR) is 60.5 cm³/mol. The van der Waals surface area contributed by atoms with E-state index in [1.54, 1.807) is 22.7 Å². The van der Waals surface area contributed by atoms with Gasteiger partial charge in [-0.2, -0.15) is 0 Å². The molecule has 2 rings (SSSR count). The molecule has 0 aliphatic carbocycles. The molecule has 1 nitrogen and oxygen atoms in total. The first-order valence-electron chi connectivity index (χ1n) is 3.82. The van der Waals surface area contributed by atoms with Crippen LogP contribution in [0.2, 0.25) is 5.02 Å². The highest BCUT2D eigenvalue weighted by Crippen LogP contribution is 2.35. The normalized spacial score (nSPS) is 10.6. The van der Waals surface area contributed by atoms with Gasteiger partial charge < -0.3 is 5.73 Å². The third-order valence-electron chi connectivity index (χ3n) is 1.73. The van der Waals surface area contributed by atoms with Gasteiger partial charge in [0.1, 0.15) is 0 Å². The Morgan fingerprint density at radius 3 is 2.77 bits per heavy atom. The molecule has 2 aromatic rings. The lowest BCUT2D eigenvalue weighted by molar-refractivity contribution is 1.11. The van der Waals surface area contributed by atoms with Crippen molar-refractivity contribution in [2.45, 2.75) is 6.54 Å². The van der Waals surface area contributed by atoms with E-state index in [0.29, 0.717) is 6.54 Å². The first kappa shape index (κ1) is 9.21. The van der Waals surface area contributed by atoms with E-state index in [0.717, 1.165) is 9.90 Å². The van der Waals surface area contributed by atoms with Gasteiger partial charge in [0.15, 0.2) is 0 Å². The molecule has 0 atom stereocenters. The topological polar surface area (TPSA) is 26.0 Å². The second kappa shape index (κ2) is 3.80. The highest BCUT2D eigenvalue weighted by atomic mass is 35.5. The summed E-state index contributed by atoms with van der Waals surface area (Å²) in [7, 11) is 0. The van der Waals surface area contributed by atoms with Gasteiger partial charge in [-0.05, 0) is 22.9 Å². The fourth-order valence-electron chi connectivity index (χ4n) is 1.11. The lowest BCUT2D eigenvalue weighted by atomic mass is 10.2. The quantitative estimate of drug-likeness (QED) is 0.837.